The topological polar surface area (TPSA) is 74.7 Å². The number of benzene rings is 1. The number of rotatable bonds is 3. The van der Waals surface area contributed by atoms with Crippen LogP contribution in [-0.4, -0.2) is 37.1 Å². The predicted molar refractivity (Wildman–Crippen MR) is 59.2 cm³/mol. The molecule has 9 heteroatoms. The fraction of sp³-hybridized carbons (Fsp3) is 0.300. The Labute approximate surface area is 107 Å². The molecule has 0 aliphatic rings. The van der Waals surface area contributed by atoms with Crippen LogP contribution in [0.5, 0.6) is 0 Å². The normalized spacial score (nSPS) is 12.2. The number of sulfone groups is 1. The Bertz CT molecular complexity index is 583. The highest BCUT2D eigenvalue weighted by atomic mass is 32.2. The molecule has 0 atom stereocenters. The van der Waals surface area contributed by atoms with Gasteiger partial charge in [0.1, 0.15) is 0 Å². The van der Waals surface area contributed by atoms with Gasteiger partial charge in [0.2, 0.25) is 0 Å². The summed E-state index contributed by atoms with van der Waals surface area (Å²) in [7, 11) is -4.37. The molecule has 0 fully saturated rings. The van der Waals surface area contributed by atoms with Crippen LogP contribution < -0.4 is 0 Å². The maximum absolute atomic E-state index is 12.5. The van der Waals surface area contributed by atoms with Gasteiger partial charge in [-0.1, -0.05) is 18.2 Å². The summed E-state index contributed by atoms with van der Waals surface area (Å²) in [5.41, 5.74) is -5.66. The van der Waals surface area contributed by atoms with Crippen LogP contribution in [0.4, 0.5) is 18.0 Å². The van der Waals surface area contributed by atoms with E-state index < -0.39 is 32.9 Å². The highest BCUT2D eigenvalue weighted by Gasteiger charge is 2.47. The van der Waals surface area contributed by atoms with Crippen LogP contribution in [0, 0.1) is 0 Å². The number of hydrogen-bond acceptors (Lipinski definition) is 3. The van der Waals surface area contributed by atoms with E-state index in [0.29, 0.717) is 4.90 Å². The van der Waals surface area contributed by atoms with Crippen molar-refractivity contribution in [1.29, 1.82) is 0 Å². The van der Waals surface area contributed by atoms with Gasteiger partial charge < -0.3 is 10.0 Å². The Kier molecular flexibility index (Phi) is 4.09. The lowest BCUT2D eigenvalue weighted by Crippen LogP contribution is -2.28. The monoisotopic (exact) mass is 297 g/mol. The summed E-state index contributed by atoms with van der Waals surface area (Å²) in [6, 6.07) is 4.41. The van der Waals surface area contributed by atoms with Crippen molar-refractivity contribution in [3.8, 4) is 0 Å². The van der Waals surface area contributed by atoms with Crippen molar-refractivity contribution in [3.05, 3.63) is 29.8 Å². The molecule has 0 aliphatic carbocycles. The van der Waals surface area contributed by atoms with E-state index in [1.807, 2.05) is 0 Å². The fourth-order valence-electron chi connectivity index (χ4n) is 1.34. The zero-order chi connectivity index (χ0) is 14.8. The molecule has 0 aliphatic heterocycles. The van der Waals surface area contributed by atoms with E-state index >= 15 is 0 Å². The highest BCUT2D eigenvalue weighted by Crippen LogP contribution is 2.32. The number of alkyl halides is 3. The second-order valence-corrected chi connectivity index (χ2v) is 5.61. The summed E-state index contributed by atoms with van der Waals surface area (Å²) in [5.74, 6) is 0. The molecule has 0 radical (unpaired) electrons. The molecular weight excluding hydrogens is 287 g/mol. The molecule has 19 heavy (non-hydrogen) atoms. The van der Waals surface area contributed by atoms with E-state index in [0.717, 1.165) is 25.2 Å². The molecule has 1 aromatic carbocycles. The third-order valence-corrected chi connectivity index (χ3v) is 3.89. The predicted octanol–water partition coefficient (Wildman–Crippen LogP) is 2.09. The van der Waals surface area contributed by atoms with E-state index in [-0.39, 0.29) is 5.56 Å². The first-order valence-corrected chi connectivity index (χ1v) is 6.39. The second-order valence-electron chi connectivity index (χ2n) is 3.70. The standard InChI is InChI=1S/C10H10F3NO4S/c1-14(9(15)16)6-7-4-2-3-5-8(7)19(17,18)10(11,12)13/h2-5H,6H2,1H3,(H,15,16). The molecule has 5 nitrogen and oxygen atoms in total. The minimum atomic E-state index is -5.50. The molecule has 106 valence electrons. The van der Waals surface area contributed by atoms with Crippen LogP contribution in [-0.2, 0) is 16.4 Å². The number of halogens is 3. The number of nitrogens with zero attached hydrogens (tertiary/aromatic N) is 1. The van der Waals surface area contributed by atoms with Crippen LogP contribution in [0.2, 0.25) is 0 Å². The molecule has 0 heterocycles. The van der Waals surface area contributed by atoms with E-state index in [9.17, 15) is 26.4 Å². The van der Waals surface area contributed by atoms with Crippen molar-refractivity contribution in [3.63, 3.8) is 0 Å². The minimum Gasteiger partial charge on any atom is -0.465 e. The van der Waals surface area contributed by atoms with Crippen molar-refractivity contribution in [1.82, 2.24) is 4.90 Å². The minimum absolute atomic E-state index is 0.232. The first-order chi connectivity index (χ1) is 8.57. The maximum Gasteiger partial charge on any atom is 0.501 e. The SMILES string of the molecule is CN(Cc1ccccc1S(=O)(=O)C(F)(F)F)C(=O)O. The van der Waals surface area contributed by atoms with Crippen molar-refractivity contribution >= 4 is 15.9 Å². The molecule has 1 amide bonds. The summed E-state index contributed by atoms with van der Waals surface area (Å²) in [6.45, 7) is -0.458. The van der Waals surface area contributed by atoms with E-state index in [1.165, 1.54) is 6.07 Å². The zero-order valence-electron chi connectivity index (χ0n) is 9.68. The van der Waals surface area contributed by atoms with Gasteiger partial charge >= 0.3 is 11.6 Å². The lowest BCUT2D eigenvalue weighted by Gasteiger charge is -2.16. The summed E-state index contributed by atoms with van der Waals surface area (Å²) in [5, 5.41) is 8.65. The summed E-state index contributed by atoms with van der Waals surface area (Å²) in [6.07, 6.45) is -1.38. The van der Waals surface area contributed by atoms with Crippen molar-refractivity contribution in [2.45, 2.75) is 16.9 Å². The molecular formula is C10H10F3NO4S. The van der Waals surface area contributed by atoms with Crippen molar-refractivity contribution < 1.29 is 31.5 Å². The lowest BCUT2D eigenvalue weighted by molar-refractivity contribution is -0.0436. The molecule has 0 saturated carbocycles. The highest BCUT2D eigenvalue weighted by molar-refractivity contribution is 7.92. The fourth-order valence-corrected chi connectivity index (χ4v) is 2.33. The van der Waals surface area contributed by atoms with Gasteiger partial charge in [0.05, 0.1) is 4.90 Å². The molecule has 0 unspecified atom stereocenters. The van der Waals surface area contributed by atoms with Crippen LogP contribution in [0.25, 0.3) is 0 Å². The number of hydrogen-bond donors (Lipinski definition) is 1. The third-order valence-electron chi connectivity index (χ3n) is 2.30. The Morgan fingerprint density at radius 1 is 1.32 bits per heavy atom. The number of carboxylic acid groups (broad SMARTS) is 1. The van der Waals surface area contributed by atoms with Gasteiger partial charge in [-0.05, 0) is 11.6 Å². The number of amides is 1. The Hall–Kier alpha value is -1.77. The van der Waals surface area contributed by atoms with E-state index in [1.54, 1.807) is 0 Å². The summed E-state index contributed by atoms with van der Waals surface area (Å²) < 4.78 is 60.1. The van der Waals surface area contributed by atoms with Crippen LogP contribution in [0.1, 0.15) is 5.56 Å². The van der Waals surface area contributed by atoms with Gasteiger partial charge in [0.25, 0.3) is 9.84 Å². The van der Waals surface area contributed by atoms with Gasteiger partial charge in [0.15, 0.2) is 0 Å². The Balaban J connectivity index is 3.28. The van der Waals surface area contributed by atoms with Crippen LogP contribution in [0.15, 0.2) is 29.2 Å². The first kappa shape index (κ1) is 15.3. The van der Waals surface area contributed by atoms with Gasteiger partial charge in [-0.2, -0.15) is 13.2 Å². The molecule has 0 aromatic heterocycles. The van der Waals surface area contributed by atoms with Crippen LogP contribution in [0.3, 0.4) is 0 Å². The largest absolute Gasteiger partial charge is 0.501 e. The maximum atomic E-state index is 12.5. The second kappa shape index (κ2) is 5.08. The van der Waals surface area contributed by atoms with Crippen molar-refractivity contribution in [2.75, 3.05) is 7.05 Å². The molecule has 0 saturated heterocycles. The van der Waals surface area contributed by atoms with E-state index in [2.05, 4.69) is 0 Å². The van der Waals surface area contributed by atoms with Gasteiger partial charge in [-0.15, -0.1) is 0 Å². The average molecular weight is 297 g/mol. The Morgan fingerprint density at radius 3 is 2.32 bits per heavy atom. The third kappa shape index (κ3) is 3.16. The quantitative estimate of drug-likeness (QED) is 0.927. The molecule has 1 rings (SSSR count). The van der Waals surface area contributed by atoms with E-state index in [4.69, 9.17) is 5.11 Å². The lowest BCUT2D eigenvalue weighted by atomic mass is 10.2. The molecule has 0 spiro atoms. The van der Waals surface area contributed by atoms with Gasteiger partial charge in [-0.3, -0.25) is 0 Å². The van der Waals surface area contributed by atoms with Crippen molar-refractivity contribution in [2.24, 2.45) is 0 Å². The smallest absolute Gasteiger partial charge is 0.465 e. The summed E-state index contributed by atoms with van der Waals surface area (Å²) >= 11 is 0. The molecule has 1 N–H and O–H groups in total. The molecule has 0 bridgehead atoms. The van der Waals surface area contributed by atoms with Crippen LogP contribution >= 0.6 is 0 Å². The summed E-state index contributed by atoms with van der Waals surface area (Å²) in [4.78, 5) is 10.4. The van der Waals surface area contributed by atoms with Gasteiger partial charge in [0, 0.05) is 13.6 Å². The number of carbonyl (C=O) groups is 1. The zero-order valence-corrected chi connectivity index (χ0v) is 10.5. The molecule has 1 aromatic rings. The first-order valence-electron chi connectivity index (χ1n) is 4.90. The Morgan fingerprint density at radius 2 is 1.84 bits per heavy atom. The van der Waals surface area contributed by atoms with Gasteiger partial charge in [-0.25, -0.2) is 13.2 Å². The average Bonchev–Trinajstić information content (AvgIpc) is 2.27.